The number of allylic oxidation sites excluding steroid dienone is 3. The second kappa shape index (κ2) is 8.09. The number of hydrogen-bond acceptors (Lipinski definition) is 1. The van der Waals surface area contributed by atoms with Gasteiger partial charge >= 0.3 is 0 Å². The lowest BCUT2D eigenvalue weighted by atomic mass is 9.47. The molecule has 3 fully saturated rings. The van der Waals surface area contributed by atoms with Crippen molar-refractivity contribution in [2.75, 3.05) is 0 Å². The van der Waals surface area contributed by atoms with Crippen molar-refractivity contribution in [1.29, 1.82) is 0 Å². The van der Waals surface area contributed by atoms with Crippen LogP contribution in [0.5, 0.6) is 0 Å². The van der Waals surface area contributed by atoms with E-state index in [2.05, 4.69) is 60.6 Å². The van der Waals surface area contributed by atoms with Crippen molar-refractivity contribution in [3.8, 4) is 0 Å². The zero-order valence-electron chi connectivity index (χ0n) is 20.9. The fourth-order valence-corrected chi connectivity index (χ4v) is 8.75. The zero-order chi connectivity index (χ0) is 21.8. The Bertz CT molecular complexity index is 701. The summed E-state index contributed by atoms with van der Waals surface area (Å²) in [6.07, 6.45) is 15.3. The van der Waals surface area contributed by atoms with Gasteiger partial charge in [0.05, 0.1) is 6.10 Å². The van der Waals surface area contributed by atoms with Crippen LogP contribution in [0.25, 0.3) is 0 Å². The van der Waals surface area contributed by atoms with Crippen LogP contribution in [0.1, 0.15) is 99.8 Å². The van der Waals surface area contributed by atoms with Crippen molar-refractivity contribution in [1.82, 2.24) is 0 Å². The third-order valence-electron chi connectivity index (χ3n) is 11.0. The zero-order valence-corrected chi connectivity index (χ0v) is 20.9. The first-order valence-electron chi connectivity index (χ1n) is 13.1. The summed E-state index contributed by atoms with van der Waals surface area (Å²) in [4.78, 5) is 0. The van der Waals surface area contributed by atoms with E-state index in [1.165, 1.54) is 38.5 Å². The third-order valence-corrected chi connectivity index (χ3v) is 11.0. The van der Waals surface area contributed by atoms with Gasteiger partial charge in [0.25, 0.3) is 0 Å². The molecule has 1 N–H and O–H groups in total. The molecule has 0 spiro atoms. The molecule has 30 heavy (non-hydrogen) atoms. The molecule has 0 aromatic heterocycles. The Hall–Kier alpha value is -0.560. The molecule has 0 heterocycles. The predicted molar refractivity (Wildman–Crippen MR) is 128 cm³/mol. The Morgan fingerprint density at radius 2 is 1.77 bits per heavy atom. The minimum atomic E-state index is -0.0882. The van der Waals surface area contributed by atoms with E-state index >= 15 is 0 Å². The molecule has 4 rings (SSSR count). The summed E-state index contributed by atoms with van der Waals surface area (Å²) >= 11 is 0. The Morgan fingerprint density at radius 3 is 2.47 bits per heavy atom. The summed E-state index contributed by atoms with van der Waals surface area (Å²) in [7, 11) is 0. The van der Waals surface area contributed by atoms with Gasteiger partial charge in [-0.1, -0.05) is 64.8 Å². The Balaban J connectivity index is 1.55. The molecule has 0 amide bonds. The van der Waals surface area contributed by atoms with Crippen LogP contribution in [0.4, 0.5) is 0 Å². The molecule has 9 unspecified atom stereocenters. The summed E-state index contributed by atoms with van der Waals surface area (Å²) in [6, 6.07) is 0. The van der Waals surface area contributed by atoms with E-state index in [1.807, 2.05) is 0 Å². The standard InChI is InChI=1S/C29H48O/c1-18(2)21(5)19(3)16-20(4)25-10-11-26-24-9-8-22-17-23(30)12-14-28(22,6)27(24)13-15-29(25,26)7/h8,16,18,20-21,23-27,30H,9-15,17H2,1-7H3. The molecule has 3 saturated carbocycles. The average molecular weight is 413 g/mol. The van der Waals surface area contributed by atoms with Crippen LogP contribution in [0, 0.1) is 52.3 Å². The molecule has 1 nitrogen and oxygen atoms in total. The number of hydrogen-bond donors (Lipinski definition) is 1. The maximum atomic E-state index is 10.2. The lowest BCUT2D eigenvalue weighted by Gasteiger charge is -2.58. The molecule has 9 atom stereocenters. The van der Waals surface area contributed by atoms with E-state index in [4.69, 9.17) is 0 Å². The first kappa shape index (κ1) is 22.6. The molecule has 1 heteroatoms. The van der Waals surface area contributed by atoms with Crippen LogP contribution < -0.4 is 0 Å². The van der Waals surface area contributed by atoms with Crippen molar-refractivity contribution < 1.29 is 5.11 Å². The first-order valence-corrected chi connectivity index (χ1v) is 13.1. The van der Waals surface area contributed by atoms with Crippen LogP contribution >= 0.6 is 0 Å². The maximum absolute atomic E-state index is 10.2. The number of fused-ring (bicyclic) bond motifs is 5. The largest absolute Gasteiger partial charge is 0.393 e. The Kier molecular flexibility index (Phi) is 6.10. The summed E-state index contributed by atoms with van der Waals surface area (Å²) in [6.45, 7) is 17.2. The number of rotatable bonds is 4. The van der Waals surface area contributed by atoms with Crippen molar-refractivity contribution in [3.05, 3.63) is 23.3 Å². The van der Waals surface area contributed by atoms with Crippen molar-refractivity contribution in [2.45, 2.75) is 106 Å². The fraction of sp³-hybridized carbons (Fsp3) is 0.862. The van der Waals surface area contributed by atoms with Gasteiger partial charge in [-0.15, -0.1) is 0 Å². The van der Waals surface area contributed by atoms with Gasteiger partial charge < -0.3 is 5.11 Å². The second-order valence-corrected chi connectivity index (χ2v) is 12.7. The van der Waals surface area contributed by atoms with Gasteiger partial charge in [-0.05, 0) is 111 Å². The number of aliphatic hydroxyl groups excluding tert-OH is 1. The smallest absolute Gasteiger partial charge is 0.0577 e. The molecule has 0 aliphatic heterocycles. The molecule has 4 aliphatic rings. The van der Waals surface area contributed by atoms with Crippen molar-refractivity contribution >= 4 is 0 Å². The molecule has 170 valence electrons. The summed E-state index contributed by atoms with van der Waals surface area (Å²) in [5, 5.41) is 10.2. The average Bonchev–Trinajstić information content (AvgIpc) is 3.05. The van der Waals surface area contributed by atoms with E-state index in [9.17, 15) is 5.11 Å². The SMILES string of the molecule is CC(=CC(C)C1CCC2C3CC=C4CC(O)CCC4(C)C3CCC12C)C(C)C(C)C. The lowest BCUT2D eigenvalue weighted by molar-refractivity contribution is -0.0541. The van der Waals surface area contributed by atoms with Crippen LogP contribution in [0.2, 0.25) is 0 Å². The fourth-order valence-electron chi connectivity index (χ4n) is 8.75. The third kappa shape index (κ3) is 3.56. The minimum Gasteiger partial charge on any atom is -0.393 e. The molecule has 4 aliphatic carbocycles. The van der Waals surface area contributed by atoms with Crippen LogP contribution in [-0.4, -0.2) is 11.2 Å². The maximum Gasteiger partial charge on any atom is 0.0577 e. The van der Waals surface area contributed by atoms with Gasteiger partial charge in [0.2, 0.25) is 0 Å². The molecule has 0 aromatic rings. The van der Waals surface area contributed by atoms with E-state index in [-0.39, 0.29) is 6.10 Å². The normalized spacial score (nSPS) is 46.0. The van der Waals surface area contributed by atoms with Gasteiger partial charge in [-0.25, -0.2) is 0 Å². The van der Waals surface area contributed by atoms with Crippen LogP contribution in [-0.2, 0) is 0 Å². The molecular weight excluding hydrogens is 364 g/mol. The highest BCUT2D eigenvalue weighted by Crippen LogP contribution is 2.67. The highest BCUT2D eigenvalue weighted by molar-refractivity contribution is 5.25. The van der Waals surface area contributed by atoms with E-state index < -0.39 is 0 Å². The molecular formula is C29H48O. The summed E-state index contributed by atoms with van der Waals surface area (Å²) in [5.41, 5.74) is 4.11. The van der Waals surface area contributed by atoms with Gasteiger partial charge in [0.1, 0.15) is 0 Å². The summed E-state index contributed by atoms with van der Waals surface area (Å²) in [5.74, 6) is 5.61. The Morgan fingerprint density at radius 1 is 1.03 bits per heavy atom. The topological polar surface area (TPSA) is 20.2 Å². The predicted octanol–water partition coefficient (Wildman–Crippen LogP) is 7.80. The monoisotopic (exact) mass is 412 g/mol. The van der Waals surface area contributed by atoms with Gasteiger partial charge in [0.15, 0.2) is 0 Å². The van der Waals surface area contributed by atoms with Gasteiger partial charge in [0, 0.05) is 0 Å². The van der Waals surface area contributed by atoms with E-state index in [0.717, 1.165) is 42.4 Å². The quantitative estimate of drug-likeness (QED) is 0.467. The minimum absolute atomic E-state index is 0.0882. The van der Waals surface area contributed by atoms with Gasteiger partial charge in [-0.2, -0.15) is 0 Å². The first-order chi connectivity index (χ1) is 14.1. The van der Waals surface area contributed by atoms with Crippen LogP contribution in [0.3, 0.4) is 0 Å². The molecule has 0 radical (unpaired) electrons. The van der Waals surface area contributed by atoms with E-state index in [1.54, 1.807) is 11.1 Å². The Labute approximate surface area is 186 Å². The molecule has 0 saturated heterocycles. The molecule has 0 aromatic carbocycles. The highest BCUT2D eigenvalue weighted by atomic mass is 16.3. The van der Waals surface area contributed by atoms with Crippen molar-refractivity contribution in [3.63, 3.8) is 0 Å². The second-order valence-electron chi connectivity index (χ2n) is 12.7. The summed E-state index contributed by atoms with van der Waals surface area (Å²) < 4.78 is 0. The molecule has 0 bridgehead atoms. The highest BCUT2D eigenvalue weighted by Gasteiger charge is 2.59. The van der Waals surface area contributed by atoms with Crippen molar-refractivity contribution in [2.24, 2.45) is 52.3 Å². The van der Waals surface area contributed by atoms with Crippen LogP contribution in [0.15, 0.2) is 23.3 Å². The van der Waals surface area contributed by atoms with E-state index in [0.29, 0.717) is 22.7 Å². The lowest BCUT2D eigenvalue weighted by Crippen LogP contribution is -2.50. The number of aliphatic hydroxyl groups is 1. The van der Waals surface area contributed by atoms with Gasteiger partial charge in [-0.3, -0.25) is 0 Å².